The monoisotopic (exact) mass is 388 g/mol. The Hall–Kier alpha value is -3.08. The molecule has 4 rings (SSSR count). The molecule has 0 saturated carbocycles. The summed E-state index contributed by atoms with van der Waals surface area (Å²) in [5.74, 6) is 1.45. The van der Waals surface area contributed by atoms with E-state index in [1.54, 1.807) is 4.90 Å². The van der Waals surface area contributed by atoms with Crippen molar-refractivity contribution < 1.29 is 4.79 Å². The number of hydrogen-bond acceptors (Lipinski definition) is 2. The summed E-state index contributed by atoms with van der Waals surface area (Å²) >= 11 is 0. The van der Waals surface area contributed by atoms with Crippen LogP contribution in [0.15, 0.2) is 54.7 Å². The summed E-state index contributed by atoms with van der Waals surface area (Å²) in [6.07, 6.45) is 2.01. The fourth-order valence-corrected chi connectivity index (χ4v) is 4.05. The van der Waals surface area contributed by atoms with Crippen LogP contribution in [0.5, 0.6) is 0 Å². The van der Waals surface area contributed by atoms with E-state index in [4.69, 9.17) is 4.98 Å². The second-order valence-electron chi connectivity index (χ2n) is 8.03. The lowest BCUT2D eigenvalue weighted by Crippen LogP contribution is -2.27. The van der Waals surface area contributed by atoms with E-state index in [-0.39, 0.29) is 5.91 Å². The molecule has 150 valence electrons. The fourth-order valence-electron chi connectivity index (χ4n) is 4.05. The number of para-hydroxylation sites is 3. The zero-order valence-electron chi connectivity index (χ0n) is 17.6. The SMILES string of the molecule is CCn1c(CN(C)C(=O)c2cn(CC(C)C)c3ccccc23)nc2ccccc21. The molecule has 0 radical (unpaired) electrons. The van der Waals surface area contributed by atoms with Crippen LogP contribution in [-0.2, 0) is 19.6 Å². The standard InChI is InChI=1S/C24H28N4O/c1-5-28-22-13-9-7-11-20(22)25-23(28)16-26(4)24(29)19-15-27(14-17(2)3)21-12-8-6-10-18(19)21/h6-13,15,17H,5,14,16H2,1-4H3. The first kappa shape index (κ1) is 19.2. The number of rotatable bonds is 6. The van der Waals surface area contributed by atoms with Gasteiger partial charge in [0, 0.05) is 37.2 Å². The number of carbonyl (C=O) groups is 1. The first-order chi connectivity index (χ1) is 14.0. The number of amides is 1. The van der Waals surface area contributed by atoms with Gasteiger partial charge in [0.25, 0.3) is 5.91 Å². The molecule has 0 spiro atoms. The molecule has 0 saturated heterocycles. The van der Waals surface area contributed by atoms with Gasteiger partial charge in [0.15, 0.2) is 0 Å². The topological polar surface area (TPSA) is 43.1 Å². The molecule has 2 heterocycles. The highest BCUT2D eigenvalue weighted by molar-refractivity contribution is 6.06. The quantitative estimate of drug-likeness (QED) is 0.470. The first-order valence-corrected chi connectivity index (χ1v) is 10.3. The third-order valence-corrected chi connectivity index (χ3v) is 5.36. The molecular formula is C24H28N4O. The predicted molar refractivity (Wildman–Crippen MR) is 118 cm³/mol. The van der Waals surface area contributed by atoms with E-state index < -0.39 is 0 Å². The van der Waals surface area contributed by atoms with Crippen molar-refractivity contribution in [2.75, 3.05) is 7.05 Å². The average molecular weight is 389 g/mol. The number of nitrogens with zero attached hydrogens (tertiary/aromatic N) is 4. The number of imidazole rings is 1. The third-order valence-electron chi connectivity index (χ3n) is 5.36. The number of carbonyl (C=O) groups excluding carboxylic acids is 1. The number of benzene rings is 2. The average Bonchev–Trinajstić information content (AvgIpc) is 3.25. The van der Waals surface area contributed by atoms with Crippen LogP contribution in [0.2, 0.25) is 0 Å². The highest BCUT2D eigenvalue weighted by Crippen LogP contribution is 2.24. The Kier molecular flexibility index (Phi) is 5.14. The van der Waals surface area contributed by atoms with Gasteiger partial charge in [-0.25, -0.2) is 4.98 Å². The summed E-state index contributed by atoms with van der Waals surface area (Å²) in [5.41, 5.74) is 3.94. The summed E-state index contributed by atoms with van der Waals surface area (Å²) in [6, 6.07) is 16.3. The Morgan fingerprint density at radius 2 is 1.76 bits per heavy atom. The van der Waals surface area contributed by atoms with Crippen molar-refractivity contribution >= 4 is 27.8 Å². The molecule has 0 atom stereocenters. The zero-order valence-corrected chi connectivity index (χ0v) is 17.6. The van der Waals surface area contributed by atoms with Crippen molar-refractivity contribution in [3.63, 3.8) is 0 Å². The van der Waals surface area contributed by atoms with Crippen LogP contribution in [0.25, 0.3) is 21.9 Å². The van der Waals surface area contributed by atoms with Gasteiger partial charge >= 0.3 is 0 Å². The lowest BCUT2D eigenvalue weighted by Gasteiger charge is -2.17. The van der Waals surface area contributed by atoms with Gasteiger partial charge in [-0.1, -0.05) is 44.2 Å². The Morgan fingerprint density at radius 1 is 1.07 bits per heavy atom. The van der Waals surface area contributed by atoms with Crippen LogP contribution in [0.4, 0.5) is 0 Å². The van der Waals surface area contributed by atoms with Gasteiger partial charge in [0.05, 0.1) is 23.1 Å². The number of aryl methyl sites for hydroxylation is 1. The molecule has 0 unspecified atom stereocenters. The minimum absolute atomic E-state index is 0.0263. The van der Waals surface area contributed by atoms with Crippen LogP contribution in [0.1, 0.15) is 37.0 Å². The van der Waals surface area contributed by atoms with Crippen LogP contribution in [0.3, 0.4) is 0 Å². The smallest absolute Gasteiger partial charge is 0.256 e. The molecule has 0 bridgehead atoms. The summed E-state index contributed by atoms with van der Waals surface area (Å²) in [6.45, 7) is 8.69. The molecule has 0 fully saturated rings. The van der Waals surface area contributed by atoms with Gasteiger partial charge in [-0.05, 0) is 31.0 Å². The Morgan fingerprint density at radius 3 is 2.48 bits per heavy atom. The van der Waals surface area contributed by atoms with Gasteiger partial charge in [-0.15, -0.1) is 0 Å². The Balaban J connectivity index is 1.67. The molecule has 1 amide bonds. The van der Waals surface area contributed by atoms with Crippen molar-refractivity contribution in [1.29, 1.82) is 0 Å². The minimum atomic E-state index is 0.0263. The maximum Gasteiger partial charge on any atom is 0.256 e. The van der Waals surface area contributed by atoms with Gasteiger partial charge in [-0.2, -0.15) is 0 Å². The van der Waals surface area contributed by atoms with Crippen LogP contribution in [0, 0.1) is 5.92 Å². The Labute approximate surface area is 171 Å². The lowest BCUT2D eigenvalue weighted by atomic mass is 10.1. The van der Waals surface area contributed by atoms with E-state index in [1.165, 1.54) is 0 Å². The lowest BCUT2D eigenvalue weighted by molar-refractivity contribution is 0.0782. The highest BCUT2D eigenvalue weighted by Gasteiger charge is 2.20. The predicted octanol–water partition coefficient (Wildman–Crippen LogP) is 4.94. The Bertz CT molecular complexity index is 1170. The van der Waals surface area contributed by atoms with E-state index in [1.807, 2.05) is 49.6 Å². The first-order valence-electron chi connectivity index (χ1n) is 10.3. The minimum Gasteiger partial charge on any atom is -0.346 e. The summed E-state index contributed by atoms with van der Waals surface area (Å²) in [7, 11) is 1.86. The molecule has 5 nitrogen and oxygen atoms in total. The van der Waals surface area contributed by atoms with E-state index in [9.17, 15) is 4.79 Å². The van der Waals surface area contributed by atoms with Crippen molar-refractivity contribution in [2.24, 2.45) is 5.92 Å². The fraction of sp³-hybridized carbons (Fsp3) is 0.333. The van der Waals surface area contributed by atoms with Gasteiger partial charge in [0.1, 0.15) is 5.82 Å². The highest BCUT2D eigenvalue weighted by atomic mass is 16.2. The number of hydrogen-bond donors (Lipinski definition) is 0. The third kappa shape index (κ3) is 3.53. The van der Waals surface area contributed by atoms with Crippen LogP contribution < -0.4 is 0 Å². The van der Waals surface area contributed by atoms with Gasteiger partial charge in [-0.3, -0.25) is 4.79 Å². The molecule has 2 aromatic heterocycles. The van der Waals surface area contributed by atoms with E-state index in [0.29, 0.717) is 12.5 Å². The van der Waals surface area contributed by atoms with Crippen LogP contribution >= 0.6 is 0 Å². The molecule has 2 aromatic carbocycles. The maximum atomic E-state index is 13.4. The summed E-state index contributed by atoms with van der Waals surface area (Å²) in [5, 5.41) is 1.01. The number of fused-ring (bicyclic) bond motifs is 2. The molecule has 29 heavy (non-hydrogen) atoms. The van der Waals surface area contributed by atoms with E-state index >= 15 is 0 Å². The second kappa shape index (κ2) is 7.74. The molecule has 0 N–H and O–H groups in total. The van der Waals surface area contributed by atoms with E-state index in [0.717, 1.165) is 46.4 Å². The zero-order chi connectivity index (χ0) is 20.5. The molecular weight excluding hydrogens is 360 g/mol. The molecule has 0 aliphatic carbocycles. The second-order valence-corrected chi connectivity index (χ2v) is 8.03. The summed E-state index contributed by atoms with van der Waals surface area (Å²) < 4.78 is 4.38. The van der Waals surface area contributed by atoms with Gasteiger partial charge in [0.2, 0.25) is 0 Å². The largest absolute Gasteiger partial charge is 0.346 e. The van der Waals surface area contributed by atoms with E-state index in [2.05, 4.69) is 42.0 Å². The summed E-state index contributed by atoms with van der Waals surface area (Å²) in [4.78, 5) is 19.9. The molecule has 0 aliphatic heterocycles. The maximum absolute atomic E-state index is 13.4. The van der Waals surface area contributed by atoms with Crippen LogP contribution in [-0.4, -0.2) is 32.0 Å². The normalized spacial score (nSPS) is 11.6. The van der Waals surface area contributed by atoms with Crippen molar-refractivity contribution in [2.45, 2.75) is 40.4 Å². The van der Waals surface area contributed by atoms with Crippen molar-refractivity contribution in [3.8, 4) is 0 Å². The number of aromatic nitrogens is 3. The van der Waals surface area contributed by atoms with Gasteiger partial charge < -0.3 is 14.0 Å². The molecule has 0 aliphatic rings. The van der Waals surface area contributed by atoms with Crippen molar-refractivity contribution in [3.05, 3.63) is 66.1 Å². The molecule has 4 aromatic rings. The van der Waals surface area contributed by atoms with Crippen molar-refractivity contribution in [1.82, 2.24) is 19.0 Å². The molecule has 5 heteroatoms.